The van der Waals surface area contributed by atoms with Gasteiger partial charge in [-0.2, -0.15) is 5.26 Å². The molecule has 0 radical (unpaired) electrons. The van der Waals surface area contributed by atoms with Gasteiger partial charge in [0.15, 0.2) is 0 Å². The number of alkyl halides is 1. The van der Waals surface area contributed by atoms with E-state index in [1.54, 1.807) is 24.3 Å². The molecular weight excluding hydrogens is 268 g/mol. The highest BCUT2D eigenvalue weighted by Crippen LogP contribution is 2.19. The summed E-state index contributed by atoms with van der Waals surface area (Å²) in [5, 5.41) is 8.66. The molecule has 2 rings (SSSR count). The van der Waals surface area contributed by atoms with Crippen LogP contribution in [0.3, 0.4) is 0 Å². The zero-order valence-electron chi connectivity index (χ0n) is 8.69. The molecule has 4 heteroatoms. The van der Waals surface area contributed by atoms with E-state index in [2.05, 4.69) is 15.9 Å². The normalized spacial score (nSPS) is 19.5. The molecule has 1 aromatic carbocycles. The maximum Gasteiger partial charge on any atom is 0.253 e. The van der Waals surface area contributed by atoms with Crippen LogP contribution in [0.4, 0.5) is 0 Å². The Hall–Kier alpha value is -1.34. The molecule has 1 heterocycles. The lowest BCUT2D eigenvalue weighted by Crippen LogP contribution is -2.28. The minimum absolute atomic E-state index is 0.0476. The van der Waals surface area contributed by atoms with Crippen LogP contribution in [0.15, 0.2) is 24.3 Å². The highest BCUT2D eigenvalue weighted by atomic mass is 79.9. The van der Waals surface area contributed by atoms with E-state index in [1.807, 2.05) is 11.0 Å². The number of hydrogen-bond donors (Lipinski definition) is 0. The zero-order valence-corrected chi connectivity index (χ0v) is 10.3. The first kappa shape index (κ1) is 11.2. The molecule has 16 heavy (non-hydrogen) atoms. The highest BCUT2D eigenvalue weighted by Gasteiger charge is 2.24. The van der Waals surface area contributed by atoms with Crippen LogP contribution in [0.1, 0.15) is 22.3 Å². The first-order valence-electron chi connectivity index (χ1n) is 5.14. The van der Waals surface area contributed by atoms with Crippen LogP contribution >= 0.6 is 15.9 Å². The van der Waals surface area contributed by atoms with Crippen molar-refractivity contribution < 1.29 is 4.79 Å². The third kappa shape index (κ3) is 2.25. The maximum atomic E-state index is 12.0. The van der Waals surface area contributed by atoms with E-state index in [0.29, 0.717) is 16.0 Å². The fraction of sp³-hybridized carbons (Fsp3) is 0.333. The van der Waals surface area contributed by atoms with Gasteiger partial charge in [0.25, 0.3) is 5.91 Å². The van der Waals surface area contributed by atoms with Gasteiger partial charge < -0.3 is 4.90 Å². The van der Waals surface area contributed by atoms with Gasteiger partial charge in [-0.3, -0.25) is 4.79 Å². The van der Waals surface area contributed by atoms with Crippen LogP contribution in [0.2, 0.25) is 0 Å². The molecule has 0 bridgehead atoms. The van der Waals surface area contributed by atoms with Gasteiger partial charge in [-0.1, -0.05) is 15.9 Å². The Labute approximate surface area is 103 Å². The number of amides is 1. The van der Waals surface area contributed by atoms with Crippen LogP contribution < -0.4 is 0 Å². The lowest BCUT2D eigenvalue weighted by molar-refractivity contribution is 0.0793. The summed E-state index contributed by atoms with van der Waals surface area (Å²) in [5.74, 6) is 0.0476. The van der Waals surface area contributed by atoms with Gasteiger partial charge in [0.2, 0.25) is 0 Å². The Kier molecular flexibility index (Phi) is 3.25. The average Bonchev–Trinajstić information content (AvgIpc) is 2.75. The van der Waals surface area contributed by atoms with Crippen molar-refractivity contribution in [1.29, 1.82) is 5.26 Å². The zero-order chi connectivity index (χ0) is 11.5. The van der Waals surface area contributed by atoms with E-state index < -0.39 is 0 Å². The van der Waals surface area contributed by atoms with Crippen molar-refractivity contribution in [1.82, 2.24) is 4.90 Å². The molecule has 3 nitrogen and oxygen atoms in total. The molecule has 0 saturated carbocycles. The van der Waals surface area contributed by atoms with Gasteiger partial charge in [-0.05, 0) is 30.7 Å². The lowest BCUT2D eigenvalue weighted by atomic mass is 10.1. The molecule has 1 aliphatic heterocycles. The predicted octanol–water partition coefficient (Wildman–Crippen LogP) is 2.17. The molecule has 82 valence electrons. The van der Waals surface area contributed by atoms with Crippen LogP contribution in [0.5, 0.6) is 0 Å². The largest absolute Gasteiger partial charge is 0.337 e. The van der Waals surface area contributed by atoms with Crippen LogP contribution in [0, 0.1) is 11.3 Å². The van der Waals surface area contributed by atoms with Gasteiger partial charge in [-0.15, -0.1) is 0 Å². The van der Waals surface area contributed by atoms with Gasteiger partial charge in [0.05, 0.1) is 11.6 Å². The summed E-state index contributed by atoms with van der Waals surface area (Å²) in [6.07, 6.45) is 1.00. The van der Waals surface area contributed by atoms with E-state index in [-0.39, 0.29) is 5.91 Å². The van der Waals surface area contributed by atoms with Crippen molar-refractivity contribution in [2.75, 3.05) is 13.1 Å². The second-order valence-electron chi connectivity index (χ2n) is 3.83. The van der Waals surface area contributed by atoms with Crippen molar-refractivity contribution >= 4 is 21.8 Å². The predicted molar refractivity (Wildman–Crippen MR) is 64.4 cm³/mol. The fourth-order valence-electron chi connectivity index (χ4n) is 1.77. The molecule has 0 N–H and O–H groups in total. The number of nitriles is 1. The topological polar surface area (TPSA) is 44.1 Å². The molecule has 1 saturated heterocycles. The van der Waals surface area contributed by atoms with E-state index in [9.17, 15) is 4.79 Å². The van der Waals surface area contributed by atoms with Crippen molar-refractivity contribution in [3.8, 4) is 6.07 Å². The van der Waals surface area contributed by atoms with E-state index in [0.717, 1.165) is 19.5 Å². The molecule has 0 aromatic heterocycles. The number of nitrogens with zero attached hydrogens (tertiary/aromatic N) is 2. The molecule has 1 unspecified atom stereocenters. The second kappa shape index (κ2) is 4.67. The second-order valence-corrected chi connectivity index (χ2v) is 5.12. The Morgan fingerprint density at radius 1 is 1.44 bits per heavy atom. The number of benzene rings is 1. The first-order valence-corrected chi connectivity index (χ1v) is 6.06. The van der Waals surface area contributed by atoms with Crippen molar-refractivity contribution in [2.45, 2.75) is 11.2 Å². The Morgan fingerprint density at radius 3 is 2.62 bits per heavy atom. The minimum Gasteiger partial charge on any atom is -0.337 e. The number of rotatable bonds is 1. The van der Waals surface area contributed by atoms with E-state index in [1.165, 1.54) is 0 Å². The van der Waals surface area contributed by atoms with Crippen LogP contribution in [-0.2, 0) is 0 Å². The van der Waals surface area contributed by atoms with Gasteiger partial charge in [0.1, 0.15) is 0 Å². The molecule has 1 aliphatic rings. The third-order valence-electron chi connectivity index (χ3n) is 2.68. The summed E-state index contributed by atoms with van der Waals surface area (Å²) in [6.45, 7) is 1.56. The van der Waals surface area contributed by atoms with Crippen molar-refractivity contribution in [3.63, 3.8) is 0 Å². The van der Waals surface area contributed by atoms with E-state index >= 15 is 0 Å². The van der Waals surface area contributed by atoms with Crippen molar-refractivity contribution in [3.05, 3.63) is 35.4 Å². The quantitative estimate of drug-likeness (QED) is 0.739. The standard InChI is InChI=1S/C12H11BrN2O/c13-11-5-6-15(8-11)12(16)10-3-1-9(7-14)2-4-10/h1-4,11H,5-6,8H2. The highest BCUT2D eigenvalue weighted by molar-refractivity contribution is 9.09. The van der Waals surface area contributed by atoms with Crippen LogP contribution in [-0.4, -0.2) is 28.7 Å². The first-order chi connectivity index (χ1) is 7.70. The summed E-state index contributed by atoms with van der Waals surface area (Å²) in [7, 11) is 0. The molecule has 1 aromatic rings. The van der Waals surface area contributed by atoms with Gasteiger partial charge in [0, 0.05) is 23.5 Å². The van der Waals surface area contributed by atoms with Crippen molar-refractivity contribution in [2.24, 2.45) is 0 Å². The number of carbonyl (C=O) groups excluding carboxylic acids is 1. The summed E-state index contributed by atoms with van der Waals surface area (Å²) in [6, 6.07) is 8.81. The SMILES string of the molecule is N#Cc1ccc(C(=O)N2CCC(Br)C2)cc1. The molecule has 1 fully saturated rings. The molecule has 1 amide bonds. The maximum absolute atomic E-state index is 12.0. The lowest BCUT2D eigenvalue weighted by Gasteiger charge is -2.15. The van der Waals surface area contributed by atoms with Gasteiger partial charge in [-0.25, -0.2) is 0 Å². The molecule has 0 spiro atoms. The van der Waals surface area contributed by atoms with Crippen LogP contribution in [0.25, 0.3) is 0 Å². The monoisotopic (exact) mass is 278 g/mol. The Bertz CT molecular complexity index is 435. The molecular formula is C12H11BrN2O. The van der Waals surface area contributed by atoms with Gasteiger partial charge >= 0.3 is 0 Å². The average molecular weight is 279 g/mol. The minimum atomic E-state index is 0.0476. The fourth-order valence-corrected chi connectivity index (χ4v) is 2.33. The third-order valence-corrected chi connectivity index (χ3v) is 3.43. The summed E-state index contributed by atoms with van der Waals surface area (Å²) >= 11 is 3.51. The van der Waals surface area contributed by atoms with E-state index in [4.69, 9.17) is 5.26 Å². The molecule has 1 atom stereocenters. The summed E-state index contributed by atoms with van der Waals surface area (Å²) in [4.78, 5) is 14.3. The summed E-state index contributed by atoms with van der Waals surface area (Å²) < 4.78 is 0. The number of carbonyl (C=O) groups is 1. The smallest absolute Gasteiger partial charge is 0.253 e. The number of likely N-dealkylation sites (tertiary alicyclic amines) is 1. The summed E-state index contributed by atoms with van der Waals surface area (Å²) in [5.41, 5.74) is 1.23. The Morgan fingerprint density at radius 2 is 2.12 bits per heavy atom. The Balaban J connectivity index is 2.12. The number of halogens is 1. The number of hydrogen-bond acceptors (Lipinski definition) is 2. The molecule has 0 aliphatic carbocycles.